The third kappa shape index (κ3) is 4.24. The maximum atomic E-state index is 13.6. The molecule has 2 amide bonds. The number of likely N-dealkylation sites (tertiary alicyclic amines) is 1. The van der Waals surface area contributed by atoms with Gasteiger partial charge in [0.1, 0.15) is 5.58 Å². The number of piperidine rings is 1. The summed E-state index contributed by atoms with van der Waals surface area (Å²) in [5.74, 6) is 0.776. The van der Waals surface area contributed by atoms with Crippen LogP contribution in [0.2, 0.25) is 0 Å². The molecule has 1 aliphatic rings. The highest BCUT2D eigenvalue weighted by Gasteiger charge is 2.34. The van der Waals surface area contributed by atoms with Gasteiger partial charge in [0.2, 0.25) is 0 Å². The first-order chi connectivity index (χ1) is 15.8. The van der Waals surface area contributed by atoms with Gasteiger partial charge in [-0.1, -0.05) is 11.6 Å². The van der Waals surface area contributed by atoms with Crippen molar-refractivity contribution in [3.8, 4) is 0 Å². The zero-order chi connectivity index (χ0) is 23.7. The molecule has 1 atom stereocenters. The minimum atomic E-state index is -0.239. The van der Waals surface area contributed by atoms with Crippen LogP contribution in [0.1, 0.15) is 82.7 Å². The van der Waals surface area contributed by atoms with Crippen molar-refractivity contribution in [1.29, 1.82) is 0 Å². The summed E-state index contributed by atoms with van der Waals surface area (Å²) < 4.78 is 6.00. The number of fused-ring (bicyclic) bond motifs is 1. The molecule has 174 valence electrons. The second-order valence-electron chi connectivity index (χ2n) is 8.77. The number of hydrogen-bond acceptors (Lipinski definition) is 5. The number of rotatable bonds is 5. The van der Waals surface area contributed by atoms with Crippen LogP contribution in [0, 0.1) is 20.8 Å². The second kappa shape index (κ2) is 9.33. The van der Waals surface area contributed by atoms with E-state index >= 15 is 0 Å². The van der Waals surface area contributed by atoms with E-state index in [0.717, 1.165) is 41.4 Å². The van der Waals surface area contributed by atoms with E-state index in [0.29, 0.717) is 42.5 Å². The van der Waals surface area contributed by atoms with Crippen LogP contribution in [0.25, 0.3) is 11.0 Å². The van der Waals surface area contributed by atoms with Crippen LogP contribution in [-0.2, 0) is 0 Å². The van der Waals surface area contributed by atoms with Crippen LogP contribution < -0.4 is 0 Å². The van der Waals surface area contributed by atoms with Gasteiger partial charge in [0.15, 0.2) is 11.6 Å². The molecule has 0 unspecified atom stereocenters. The Morgan fingerprint density at radius 2 is 1.91 bits per heavy atom. The molecule has 0 bridgehead atoms. The summed E-state index contributed by atoms with van der Waals surface area (Å²) in [6, 6.07) is 5.72. The highest BCUT2D eigenvalue weighted by Crippen LogP contribution is 2.33. The fourth-order valence-corrected chi connectivity index (χ4v) is 4.65. The van der Waals surface area contributed by atoms with Crippen molar-refractivity contribution >= 4 is 22.8 Å². The van der Waals surface area contributed by atoms with E-state index in [1.807, 2.05) is 51.7 Å². The molecule has 1 fully saturated rings. The highest BCUT2D eigenvalue weighted by molar-refractivity contribution is 5.99. The molecule has 4 rings (SSSR count). The van der Waals surface area contributed by atoms with Gasteiger partial charge in [-0.3, -0.25) is 9.59 Å². The van der Waals surface area contributed by atoms with Crippen LogP contribution in [0.15, 0.2) is 28.8 Å². The van der Waals surface area contributed by atoms with Crippen molar-refractivity contribution in [2.24, 2.45) is 0 Å². The fraction of sp³-hybridized carbons (Fsp3) is 0.462. The molecule has 0 spiro atoms. The van der Waals surface area contributed by atoms with Gasteiger partial charge in [0.05, 0.1) is 17.3 Å². The molecule has 1 aliphatic heterocycles. The van der Waals surface area contributed by atoms with Gasteiger partial charge in [-0.25, -0.2) is 9.97 Å². The van der Waals surface area contributed by atoms with Gasteiger partial charge in [-0.15, -0.1) is 0 Å². The lowest BCUT2D eigenvalue weighted by atomic mass is 10.00. The Kier molecular flexibility index (Phi) is 6.49. The quantitative estimate of drug-likeness (QED) is 0.549. The third-order valence-corrected chi connectivity index (χ3v) is 6.63. The molecule has 7 heteroatoms. The Balaban J connectivity index is 1.65. The molecule has 2 aromatic heterocycles. The Morgan fingerprint density at radius 1 is 1.15 bits per heavy atom. The van der Waals surface area contributed by atoms with E-state index in [9.17, 15) is 9.59 Å². The van der Waals surface area contributed by atoms with E-state index in [1.165, 1.54) is 0 Å². The highest BCUT2D eigenvalue weighted by atomic mass is 16.3. The molecule has 0 N–H and O–H groups in total. The largest absolute Gasteiger partial charge is 0.451 e. The van der Waals surface area contributed by atoms with Crippen molar-refractivity contribution in [2.45, 2.75) is 59.9 Å². The number of benzene rings is 1. The zero-order valence-corrected chi connectivity index (χ0v) is 20.1. The van der Waals surface area contributed by atoms with Crippen LogP contribution in [0.5, 0.6) is 0 Å². The van der Waals surface area contributed by atoms with E-state index in [4.69, 9.17) is 4.42 Å². The first-order valence-corrected chi connectivity index (χ1v) is 11.8. The Hall–Kier alpha value is -3.22. The predicted octanol–water partition coefficient (Wildman–Crippen LogP) is 5.00. The Labute approximate surface area is 194 Å². The lowest BCUT2D eigenvalue weighted by molar-refractivity contribution is 0.0567. The minimum Gasteiger partial charge on any atom is -0.451 e. The fourth-order valence-electron chi connectivity index (χ4n) is 4.65. The molecule has 7 nitrogen and oxygen atoms in total. The molecule has 3 aromatic rings. The van der Waals surface area contributed by atoms with Crippen LogP contribution >= 0.6 is 0 Å². The molecule has 1 aromatic carbocycles. The second-order valence-corrected chi connectivity index (χ2v) is 8.77. The van der Waals surface area contributed by atoms with Gasteiger partial charge in [-0.2, -0.15) is 0 Å². The maximum absolute atomic E-state index is 13.6. The topological polar surface area (TPSA) is 79.5 Å². The molecule has 33 heavy (non-hydrogen) atoms. The van der Waals surface area contributed by atoms with Crippen LogP contribution in [0.4, 0.5) is 0 Å². The molecular weight excluding hydrogens is 416 g/mol. The molecule has 0 radical (unpaired) electrons. The SMILES string of the molecule is CCN(CC)C(=O)c1cnc([C@H]2CCCCN2C(=O)c2oc3ccc(C)cc3c2C)nc1C. The normalized spacial score (nSPS) is 16.3. The van der Waals surface area contributed by atoms with Crippen LogP contribution in [-0.4, -0.2) is 51.2 Å². The van der Waals surface area contributed by atoms with Crippen molar-refractivity contribution < 1.29 is 14.0 Å². The van der Waals surface area contributed by atoms with Crippen LogP contribution in [0.3, 0.4) is 0 Å². The van der Waals surface area contributed by atoms with Crippen molar-refractivity contribution in [3.63, 3.8) is 0 Å². The standard InChI is InChI=1S/C26H32N4O3/c1-6-29(7-2)25(31)20-15-27-24(28-18(20)5)21-10-8-9-13-30(21)26(32)23-17(4)19-14-16(3)11-12-22(19)33-23/h11-12,14-15,21H,6-10,13H2,1-5H3/t21-/m1/s1. The number of aromatic nitrogens is 2. The van der Waals surface area contributed by atoms with E-state index in [-0.39, 0.29) is 17.9 Å². The number of amides is 2. The lowest BCUT2D eigenvalue weighted by Gasteiger charge is -2.34. The van der Waals surface area contributed by atoms with Crippen molar-refractivity contribution in [3.05, 3.63) is 58.4 Å². The van der Waals surface area contributed by atoms with Crippen molar-refractivity contribution in [1.82, 2.24) is 19.8 Å². The number of carbonyl (C=O) groups excluding carboxylic acids is 2. The lowest BCUT2D eigenvalue weighted by Crippen LogP contribution is -2.39. The Morgan fingerprint density at radius 3 is 2.61 bits per heavy atom. The van der Waals surface area contributed by atoms with Gasteiger partial charge in [0.25, 0.3) is 11.8 Å². The summed E-state index contributed by atoms with van der Waals surface area (Å²) in [7, 11) is 0. The summed E-state index contributed by atoms with van der Waals surface area (Å²) in [5.41, 5.74) is 3.87. The average molecular weight is 449 g/mol. The van der Waals surface area contributed by atoms with Gasteiger partial charge in [-0.05, 0) is 66.0 Å². The average Bonchev–Trinajstić information content (AvgIpc) is 3.15. The summed E-state index contributed by atoms with van der Waals surface area (Å²) in [4.78, 5) is 39.2. The van der Waals surface area contributed by atoms with Gasteiger partial charge in [0, 0.05) is 36.8 Å². The summed E-state index contributed by atoms with van der Waals surface area (Å²) in [6.45, 7) is 11.6. The number of carbonyl (C=O) groups is 2. The Bertz CT molecular complexity index is 1200. The molecule has 1 saturated heterocycles. The van der Waals surface area contributed by atoms with E-state index in [1.54, 1.807) is 11.1 Å². The number of aryl methyl sites for hydroxylation is 3. The van der Waals surface area contributed by atoms with E-state index in [2.05, 4.69) is 16.0 Å². The number of furan rings is 1. The molecule has 0 saturated carbocycles. The molecule has 0 aliphatic carbocycles. The molecular formula is C26H32N4O3. The minimum absolute atomic E-state index is 0.0613. The predicted molar refractivity (Wildman–Crippen MR) is 127 cm³/mol. The maximum Gasteiger partial charge on any atom is 0.290 e. The first kappa shape index (κ1) is 23.0. The summed E-state index contributed by atoms with van der Waals surface area (Å²) >= 11 is 0. The smallest absolute Gasteiger partial charge is 0.290 e. The van der Waals surface area contributed by atoms with E-state index < -0.39 is 0 Å². The monoisotopic (exact) mass is 448 g/mol. The van der Waals surface area contributed by atoms with Gasteiger partial charge < -0.3 is 14.2 Å². The van der Waals surface area contributed by atoms with Crippen molar-refractivity contribution in [2.75, 3.05) is 19.6 Å². The summed E-state index contributed by atoms with van der Waals surface area (Å²) in [6.07, 6.45) is 4.32. The first-order valence-electron chi connectivity index (χ1n) is 11.8. The summed E-state index contributed by atoms with van der Waals surface area (Å²) in [5, 5.41) is 0.971. The number of hydrogen-bond donors (Lipinski definition) is 0. The zero-order valence-electron chi connectivity index (χ0n) is 20.1. The van der Waals surface area contributed by atoms with Gasteiger partial charge >= 0.3 is 0 Å². The third-order valence-electron chi connectivity index (χ3n) is 6.63. The number of nitrogens with zero attached hydrogens (tertiary/aromatic N) is 4. The molecule has 3 heterocycles.